The van der Waals surface area contributed by atoms with Crippen molar-refractivity contribution in [2.24, 2.45) is 0 Å². The van der Waals surface area contributed by atoms with E-state index in [0.717, 1.165) is 18.4 Å². The topological polar surface area (TPSA) is 25.8 Å². The first-order valence-electron chi connectivity index (χ1n) is 5.06. The second kappa shape index (κ2) is 3.74. The molecule has 2 aromatic rings. The Balaban J connectivity index is 2.73. The Morgan fingerprint density at radius 2 is 2.00 bits per heavy atom. The molecule has 1 aromatic carbocycles. The van der Waals surface area contributed by atoms with Crippen molar-refractivity contribution in [2.45, 2.75) is 26.7 Å². The number of hydrogen-bond donors (Lipinski definition) is 0. The summed E-state index contributed by atoms with van der Waals surface area (Å²) in [4.78, 5) is 8.35. The maximum atomic E-state index is 4.29. The SMILES string of the molecule is CCc1cc(CC)c2cncnc2c1. The van der Waals surface area contributed by atoms with Gasteiger partial charge in [-0.2, -0.15) is 0 Å². The van der Waals surface area contributed by atoms with Gasteiger partial charge in [-0.05, 0) is 30.0 Å². The van der Waals surface area contributed by atoms with Crippen LogP contribution in [0.15, 0.2) is 24.7 Å². The third kappa shape index (κ3) is 1.48. The monoisotopic (exact) mass is 186 g/mol. The zero-order valence-corrected chi connectivity index (χ0v) is 8.62. The molecule has 2 nitrogen and oxygen atoms in total. The van der Waals surface area contributed by atoms with Gasteiger partial charge in [-0.15, -0.1) is 0 Å². The minimum Gasteiger partial charge on any atom is -0.244 e. The molecule has 0 radical (unpaired) electrons. The maximum absolute atomic E-state index is 4.29. The van der Waals surface area contributed by atoms with E-state index >= 15 is 0 Å². The Hall–Kier alpha value is -1.44. The highest BCUT2D eigenvalue weighted by Gasteiger charge is 2.02. The molecule has 0 amide bonds. The van der Waals surface area contributed by atoms with Gasteiger partial charge in [0.15, 0.2) is 0 Å². The normalized spacial score (nSPS) is 10.7. The molecule has 0 unspecified atom stereocenters. The number of nitrogens with zero attached hydrogens (tertiary/aromatic N) is 2. The predicted octanol–water partition coefficient (Wildman–Crippen LogP) is 2.75. The van der Waals surface area contributed by atoms with Gasteiger partial charge >= 0.3 is 0 Å². The number of rotatable bonds is 2. The van der Waals surface area contributed by atoms with Gasteiger partial charge in [0.05, 0.1) is 5.52 Å². The van der Waals surface area contributed by atoms with Gasteiger partial charge in [0.25, 0.3) is 0 Å². The van der Waals surface area contributed by atoms with Crippen LogP contribution in [0.5, 0.6) is 0 Å². The van der Waals surface area contributed by atoms with Crippen LogP contribution in [-0.4, -0.2) is 9.97 Å². The fourth-order valence-corrected chi connectivity index (χ4v) is 1.72. The van der Waals surface area contributed by atoms with Crippen LogP contribution in [0, 0.1) is 0 Å². The van der Waals surface area contributed by atoms with E-state index in [1.165, 1.54) is 16.5 Å². The molecule has 0 saturated heterocycles. The summed E-state index contributed by atoms with van der Waals surface area (Å²) in [5, 5.41) is 1.19. The number of aromatic nitrogens is 2. The Bertz CT molecular complexity index is 449. The molecule has 1 heterocycles. The minimum atomic E-state index is 1.04. The van der Waals surface area contributed by atoms with Crippen LogP contribution in [0.3, 0.4) is 0 Å². The summed E-state index contributed by atoms with van der Waals surface area (Å²) in [6.45, 7) is 4.34. The molecule has 14 heavy (non-hydrogen) atoms. The molecule has 0 aliphatic rings. The van der Waals surface area contributed by atoms with Crippen LogP contribution in [-0.2, 0) is 12.8 Å². The van der Waals surface area contributed by atoms with Crippen LogP contribution >= 0.6 is 0 Å². The number of fused-ring (bicyclic) bond motifs is 1. The fourth-order valence-electron chi connectivity index (χ4n) is 1.72. The van der Waals surface area contributed by atoms with Crippen LogP contribution in [0.4, 0.5) is 0 Å². The number of benzene rings is 1. The van der Waals surface area contributed by atoms with Crippen molar-refractivity contribution >= 4 is 10.9 Å². The van der Waals surface area contributed by atoms with Gasteiger partial charge in [-0.3, -0.25) is 0 Å². The molecule has 2 rings (SSSR count). The Morgan fingerprint density at radius 3 is 2.71 bits per heavy atom. The molecule has 0 aliphatic carbocycles. The second-order valence-corrected chi connectivity index (χ2v) is 3.42. The number of aryl methyl sites for hydroxylation is 2. The van der Waals surface area contributed by atoms with E-state index < -0.39 is 0 Å². The standard InChI is InChI=1S/C12H14N2/c1-3-9-5-10(4-2)11-7-13-8-14-12(11)6-9/h5-8H,3-4H2,1-2H3. The van der Waals surface area contributed by atoms with Gasteiger partial charge in [-0.25, -0.2) is 9.97 Å². The summed E-state index contributed by atoms with van der Waals surface area (Å²) in [7, 11) is 0. The fraction of sp³-hybridized carbons (Fsp3) is 0.333. The van der Waals surface area contributed by atoms with Gasteiger partial charge in [0, 0.05) is 11.6 Å². The predicted molar refractivity (Wildman–Crippen MR) is 58.3 cm³/mol. The molecule has 0 atom stereocenters. The Labute approximate surface area is 84.0 Å². The van der Waals surface area contributed by atoms with E-state index in [2.05, 4.69) is 35.9 Å². The average molecular weight is 186 g/mol. The molecular formula is C12H14N2. The highest BCUT2D eigenvalue weighted by Crippen LogP contribution is 2.19. The van der Waals surface area contributed by atoms with E-state index in [-0.39, 0.29) is 0 Å². The largest absolute Gasteiger partial charge is 0.244 e. The lowest BCUT2D eigenvalue weighted by molar-refractivity contribution is 1.09. The van der Waals surface area contributed by atoms with E-state index in [9.17, 15) is 0 Å². The molecule has 0 spiro atoms. The van der Waals surface area contributed by atoms with Crippen LogP contribution in [0.2, 0.25) is 0 Å². The molecule has 0 N–H and O–H groups in total. The first kappa shape index (κ1) is 9.13. The summed E-state index contributed by atoms with van der Waals surface area (Å²) >= 11 is 0. The summed E-state index contributed by atoms with van der Waals surface area (Å²) in [6, 6.07) is 4.40. The van der Waals surface area contributed by atoms with Gasteiger partial charge in [0.2, 0.25) is 0 Å². The van der Waals surface area contributed by atoms with E-state index in [4.69, 9.17) is 0 Å². The van der Waals surface area contributed by atoms with E-state index in [1.54, 1.807) is 6.33 Å². The lowest BCUT2D eigenvalue weighted by atomic mass is 10.0. The molecular weight excluding hydrogens is 172 g/mol. The summed E-state index contributed by atoms with van der Waals surface area (Å²) in [6.07, 6.45) is 5.62. The zero-order chi connectivity index (χ0) is 9.97. The lowest BCUT2D eigenvalue weighted by Gasteiger charge is -2.05. The third-order valence-corrected chi connectivity index (χ3v) is 2.56. The van der Waals surface area contributed by atoms with Crippen molar-refractivity contribution in [3.8, 4) is 0 Å². The van der Waals surface area contributed by atoms with E-state index in [0.29, 0.717) is 0 Å². The molecule has 0 aliphatic heterocycles. The van der Waals surface area contributed by atoms with Gasteiger partial charge in [-0.1, -0.05) is 19.9 Å². The summed E-state index contributed by atoms with van der Waals surface area (Å²) < 4.78 is 0. The van der Waals surface area contributed by atoms with Crippen molar-refractivity contribution in [3.63, 3.8) is 0 Å². The Kier molecular flexibility index (Phi) is 2.44. The van der Waals surface area contributed by atoms with Gasteiger partial charge in [0.1, 0.15) is 6.33 Å². The van der Waals surface area contributed by atoms with Crippen LogP contribution in [0.1, 0.15) is 25.0 Å². The smallest absolute Gasteiger partial charge is 0.116 e. The highest BCUT2D eigenvalue weighted by molar-refractivity contribution is 5.82. The molecule has 72 valence electrons. The number of hydrogen-bond acceptors (Lipinski definition) is 2. The van der Waals surface area contributed by atoms with Crippen molar-refractivity contribution in [1.29, 1.82) is 0 Å². The third-order valence-electron chi connectivity index (χ3n) is 2.56. The van der Waals surface area contributed by atoms with Crippen molar-refractivity contribution in [2.75, 3.05) is 0 Å². The second-order valence-electron chi connectivity index (χ2n) is 3.42. The molecule has 0 saturated carbocycles. The average Bonchev–Trinajstić information content (AvgIpc) is 2.27. The maximum Gasteiger partial charge on any atom is 0.116 e. The summed E-state index contributed by atoms with van der Waals surface area (Å²) in [5.41, 5.74) is 3.77. The molecule has 2 heteroatoms. The highest BCUT2D eigenvalue weighted by atomic mass is 14.8. The first-order chi connectivity index (χ1) is 6.85. The van der Waals surface area contributed by atoms with Crippen molar-refractivity contribution in [3.05, 3.63) is 35.8 Å². The zero-order valence-electron chi connectivity index (χ0n) is 8.62. The molecule has 0 bridgehead atoms. The minimum absolute atomic E-state index is 1.04. The van der Waals surface area contributed by atoms with E-state index in [1.807, 2.05) is 6.20 Å². The molecule has 1 aromatic heterocycles. The lowest BCUT2D eigenvalue weighted by Crippen LogP contribution is -1.91. The van der Waals surface area contributed by atoms with Crippen molar-refractivity contribution in [1.82, 2.24) is 9.97 Å². The van der Waals surface area contributed by atoms with Gasteiger partial charge < -0.3 is 0 Å². The molecule has 0 fully saturated rings. The quantitative estimate of drug-likeness (QED) is 0.720. The summed E-state index contributed by atoms with van der Waals surface area (Å²) in [5.74, 6) is 0. The van der Waals surface area contributed by atoms with Crippen LogP contribution in [0.25, 0.3) is 10.9 Å². The Morgan fingerprint density at radius 1 is 1.14 bits per heavy atom. The van der Waals surface area contributed by atoms with Crippen molar-refractivity contribution < 1.29 is 0 Å². The van der Waals surface area contributed by atoms with Crippen LogP contribution < -0.4 is 0 Å². The first-order valence-corrected chi connectivity index (χ1v) is 5.06.